The number of anilines is 4. The molecule has 0 radical (unpaired) electrons. The maximum atomic E-state index is 14.2. The Morgan fingerprint density at radius 1 is 0.949 bits per heavy atom. The number of hydrogen-bond acceptors (Lipinski definition) is 9. The van der Waals surface area contributed by atoms with E-state index in [0.717, 1.165) is 36.8 Å². The van der Waals surface area contributed by atoms with Crippen molar-refractivity contribution in [3.8, 4) is 5.75 Å². The third-order valence-electron chi connectivity index (χ3n) is 6.27. The van der Waals surface area contributed by atoms with Gasteiger partial charge >= 0.3 is 0 Å². The number of aromatic hydroxyl groups is 1. The van der Waals surface area contributed by atoms with Crippen LogP contribution < -0.4 is 15.6 Å². The highest BCUT2D eigenvalue weighted by Crippen LogP contribution is 2.20. The highest BCUT2D eigenvalue weighted by molar-refractivity contribution is 5.78. The van der Waals surface area contributed by atoms with Gasteiger partial charge in [-0.2, -0.15) is 10.1 Å². The van der Waals surface area contributed by atoms with Crippen molar-refractivity contribution in [3.05, 3.63) is 95.7 Å². The van der Waals surface area contributed by atoms with Crippen molar-refractivity contribution in [2.45, 2.75) is 19.3 Å². The Kier molecular flexibility index (Phi) is 8.54. The molecule has 9 nitrogen and oxygen atoms in total. The van der Waals surface area contributed by atoms with Crippen molar-refractivity contribution in [2.75, 3.05) is 41.9 Å². The van der Waals surface area contributed by atoms with Crippen LogP contribution in [0.15, 0.2) is 78.2 Å². The van der Waals surface area contributed by atoms with Crippen LogP contribution in [0.2, 0.25) is 0 Å². The predicted octanol–water partition coefficient (Wildman–Crippen LogP) is 4.92. The van der Waals surface area contributed by atoms with Gasteiger partial charge in [-0.25, -0.2) is 14.8 Å². The second-order valence-corrected chi connectivity index (χ2v) is 9.15. The zero-order chi connectivity index (χ0) is 26.9. The highest BCUT2D eigenvalue weighted by atomic mass is 19.1. The Hall–Kier alpha value is -4.57. The van der Waals surface area contributed by atoms with E-state index in [0.29, 0.717) is 37.7 Å². The molecule has 0 spiro atoms. The van der Waals surface area contributed by atoms with Crippen LogP contribution in [-0.2, 0) is 17.6 Å². The first-order valence-corrected chi connectivity index (χ1v) is 12.9. The van der Waals surface area contributed by atoms with Crippen LogP contribution >= 0.6 is 0 Å². The summed E-state index contributed by atoms with van der Waals surface area (Å²) in [5, 5.41) is 17.0. The molecule has 0 atom stereocenters. The van der Waals surface area contributed by atoms with E-state index in [4.69, 9.17) is 4.74 Å². The van der Waals surface area contributed by atoms with Crippen molar-refractivity contribution in [2.24, 2.45) is 5.10 Å². The summed E-state index contributed by atoms with van der Waals surface area (Å²) in [6.07, 6.45) is 7.38. The maximum absolute atomic E-state index is 14.2. The van der Waals surface area contributed by atoms with Gasteiger partial charge in [0.25, 0.3) is 0 Å². The standard InChI is InChI=1S/C29H30FN7O2/c30-27-20-32-29(35-28(27)37-13-15-39-16-14-37)36-33-19-24-9-10-25(18-31-24)34-23-6-2-5-22(17-23)4-1-3-21-7-11-26(38)12-8-21/h2,5-12,17-20,34,38H,1,3-4,13-16H2,(H,32,35,36)/b33-19+. The molecular weight excluding hydrogens is 497 g/mol. The largest absolute Gasteiger partial charge is 0.508 e. The van der Waals surface area contributed by atoms with Crippen LogP contribution in [0.25, 0.3) is 0 Å². The molecule has 1 saturated heterocycles. The van der Waals surface area contributed by atoms with Crippen LogP contribution in [-0.4, -0.2) is 52.6 Å². The minimum Gasteiger partial charge on any atom is -0.508 e. The Labute approximate surface area is 226 Å². The number of halogens is 1. The van der Waals surface area contributed by atoms with E-state index in [2.05, 4.69) is 42.9 Å². The smallest absolute Gasteiger partial charge is 0.245 e. The molecule has 0 unspecified atom stereocenters. The van der Waals surface area contributed by atoms with Gasteiger partial charge in [0.1, 0.15) is 5.75 Å². The normalized spacial score (nSPS) is 13.5. The van der Waals surface area contributed by atoms with E-state index in [1.54, 1.807) is 24.5 Å². The molecule has 1 fully saturated rings. The summed E-state index contributed by atoms with van der Waals surface area (Å²) in [5.74, 6) is 0.258. The second-order valence-electron chi connectivity index (χ2n) is 9.15. The average Bonchev–Trinajstić information content (AvgIpc) is 2.97. The monoisotopic (exact) mass is 527 g/mol. The average molecular weight is 528 g/mol. The Morgan fingerprint density at radius 2 is 1.77 bits per heavy atom. The molecule has 0 saturated carbocycles. The number of hydrazone groups is 1. The SMILES string of the molecule is Oc1ccc(CCCc2cccc(Nc3ccc(/C=N/Nc4ncc(F)c(N5CCOCC5)n4)nc3)c2)cc1. The number of rotatable bonds is 10. The van der Waals surface area contributed by atoms with E-state index < -0.39 is 5.82 Å². The number of nitrogens with zero attached hydrogens (tertiary/aromatic N) is 5. The number of morpholine rings is 1. The first kappa shape index (κ1) is 26.1. The lowest BCUT2D eigenvalue weighted by molar-refractivity contribution is 0.122. The van der Waals surface area contributed by atoms with Crippen molar-refractivity contribution >= 4 is 29.4 Å². The van der Waals surface area contributed by atoms with Gasteiger partial charge in [-0.05, 0) is 66.8 Å². The molecule has 2 aromatic heterocycles. The van der Waals surface area contributed by atoms with Crippen LogP contribution in [0.4, 0.5) is 27.5 Å². The van der Waals surface area contributed by atoms with E-state index in [-0.39, 0.29) is 11.8 Å². The minimum atomic E-state index is -0.476. The van der Waals surface area contributed by atoms with Gasteiger partial charge < -0.3 is 20.1 Å². The summed E-state index contributed by atoms with van der Waals surface area (Å²) < 4.78 is 19.5. The third-order valence-corrected chi connectivity index (χ3v) is 6.27. The van der Waals surface area contributed by atoms with Gasteiger partial charge in [0.15, 0.2) is 11.6 Å². The molecule has 3 heterocycles. The fourth-order valence-corrected chi connectivity index (χ4v) is 4.25. The van der Waals surface area contributed by atoms with Crippen LogP contribution in [0.5, 0.6) is 5.75 Å². The summed E-state index contributed by atoms with van der Waals surface area (Å²) in [5.41, 5.74) is 7.71. The lowest BCUT2D eigenvalue weighted by atomic mass is 10.0. The summed E-state index contributed by atoms with van der Waals surface area (Å²) in [6, 6.07) is 19.5. The molecule has 39 heavy (non-hydrogen) atoms. The summed E-state index contributed by atoms with van der Waals surface area (Å²) in [7, 11) is 0. The van der Waals surface area contributed by atoms with Gasteiger partial charge in [0.2, 0.25) is 5.95 Å². The molecule has 2 aromatic carbocycles. The van der Waals surface area contributed by atoms with Crippen molar-refractivity contribution in [1.82, 2.24) is 15.0 Å². The van der Waals surface area contributed by atoms with E-state index in [1.165, 1.54) is 11.1 Å². The summed E-state index contributed by atoms with van der Waals surface area (Å²) >= 11 is 0. The number of pyridine rings is 1. The first-order valence-electron chi connectivity index (χ1n) is 12.9. The number of aryl methyl sites for hydroxylation is 2. The summed E-state index contributed by atoms with van der Waals surface area (Å²) in [6.45, 7) is 2.22. The van der Waals surface area contributed by atoms with Crippen LogP contribution in [0.1, 0.15) is 23.2 Å². The Balaban J connectivity index is 1.12. The van der Waals surface area contributed by atoms with E-state index >= 15 is 0 Å². The third kappa shape index (κ3) is 7.48. The van der Waals surface area contributed by atoms with Gasteiger partial charge in [0, 0.05) is 18.8 Å². The highest BCUT2D eigenvalue weighted by Gasteiger charge is 2.17. The van der Waals surface area contributed by atoms with Crippen molar-refractivity contribution in [1.29, 1.82) is 0 Å². The summed E-state index contributed by atoms with van der Waals surface area (Å²) in [4.78, 5) is 14.5. The van der Waals surface area contributed by atoms with Gasteiger partial charge in [-0.1, -0.05) is 24.3 Å². The topological polar surface area (TPSA) is 108 Å². The molecule has 1 aliphatic rings. The van der Waals surface area contributed by atoms with E-state index in [1.807, 2.05) is 41.3 Å². The number of phenolic OH excluding ortho intramolecular Hbond substituents is 1. The molecule has 0 amide bonds. The van der Waals surface area contributed by atoms with Crippen LogP contribution in [0.3, 0.4) is 0 Å². The second kappa shape index (κ2) is 12.8. The molecule has 4 aromatic rings. The quantitative estimate of drug-likeness (QED) is 0.197. The minimum absolute atomic E-state index is 0.204. The molecule has 200 valence electrons. The van der Waals surface area contributed by atoms with E-state index in [9.17, 15) is 9.50 Å². The Morgan fingerprint density at radius 3 is 2.56 bits per heavy atom. The molecule has 5 rings (SSSR count). The molecule has 1 aliphatic heterocycles. The number of ether oxygens (including phenoxy) is 1. The fraction of sp³-hybridized carbons (Fsp3) is 0.241. The number of hydrogen-bond donors (Lipinski definition) is 3. The number of phenols is 1. The molecule has 10 heteroatoms. The molecule has 0 bridgehead atoms. The molecular formula is C29H30FN7O2. The Bertz CT molecular complexity index is 1390. The zero-order valence-corrected chi connectivity index (χ0v) is 21.4. The first-order chi connectivity index (χ1) is 19.1. The lowest BCUT2D eigenvalue weighted by Crippen LogP contribution is -2.37. The van der Waals surface area contributed by atoms with Gasteiger partial charge in [-0.3, -0.25) is 4.98 Å². The molecule has 3 N–H and O–H groups in total. The zero-order valence-electron chi connectivity index (χ0n) is 21.4. The lowest BCUT2D eigenvalue weighted by Gasteiger charge is -2.27. The number of aromatic nitrogens is 3. The van der Waals surface area contributed by atoms with Crippen molar-refractivity contribution < 1.29 is 14.2 Å². The molecule has 0 aliphatic carbocycles. The van der Waals surface area contributed by atoms with Crippen molar-refractivity contribution in [3.63, 3.8) is 0 Å². The number of nitrogens with one attached hydrogen (secondary N) is 2. The maximum Gasteiger partial charge on any atom is 0.245 e. The predicted molar refractivity (Wildman–Crippen MR) is 150 cm³/mol. The van der Waals surface area contributed by atoms with Gasteiger partial charge in [0.05, 0.1) is 43.2 Å². The number of benzene rings is 2. The van der Waals surface area contributed by atoms with Crippen LogP contribution in [0, 0.1) is 5.82 Å². The fourth-order valence-electron chi connectivity index (χ4n) is 4.25. The van der Waals surface area contributed by atoms with Gasteiger partial charge in [-0.15, -0.1) is 0 Å².